The number of ether oxygens (including phenoxy) is 2. The molecule has 0 bridgehead atoms. The van der Waals surface area contributed by atoms with E-state index in [4.69, 9.17) is 9.47 Å². The van der Waals surface area contributed by atoms with Gasteiger partial charge < -0.3 is 14.8 Å². The van der Waals surface area contributed by atoms with Crippen LogP contribution in [0.25, 0.3) is 0 Å². The van der Waals surface area contributed by atoms with Gasteiger partial charge >= 0.3 is 11.9 Å². The molecule has 38 heavy (non-hydrogen) atoms. The van der Waals surface area contributed by atoms with E-state index in [9.17, 15) is 14.4 Å². The van der Waals surface area contributed by atoms with E-state index < -0.39 is 12.0 Å². The Morgan fingerprint density at radius 2 is 1.55 bits per heavy atom. The summed E-state index contributed by atoms with van der Waals surface area (Å²) in [5, 5.41) is 2.97. The van der Waals surface area contributed by atoms with Crippen molar-refractivity contribution in [2.75, 3.05) is 7.11 Å². The van der Waals surface area contributed by atoms with Crippen LogP contribution in [-0.2, 0) is 24.5 Å². The molecular formula is C32H41NO5. The third-order valence-corrected chi connectivity index (χ3v) is 8.82. The molecule has 0 radical (unpaired) electrons. The molecule has 6 nitrogen and oxygen atoms in total. The molecule has 0 aromatic heterocycles. The van der Waals surface area contributed by atoms with Crippen molar-refractivity contribution >= 4 is 17.8 Å². The predicted octanol–water partition coefficient (Wildman–Crippen LogP) is 5.70. The summed E-state index contributed by atoms with van der Waals surface area (Å²) in [6.45, 7) is 6.67. The third-order valence-electron chi connectivity index (χ3n) is 8.82. The monoisotopic (exact) mass is 519 g/mol. The zero-order chi connectivity index (χ0) is 27.3. The number of rotatable bonds is 8. The third kappa shape index (κ3) is 6.28. The number of methoxy groups -OCH3 is 1. The van der Waals surface area contributed by atoms with Crippen LogP contribution in [0.5, 0.6) is 0 Å². The molecule has 2 aromatic rings. The fourth-order valence-electron chi connectivity index (χ4n) is 6.47. The van der Waals surface area contributed by atoms with Crippen LogP contribution >= 0.6 is 0 Å². The van der Waals surface area contributed by atoms with E-state index in [1.807, 2.05) is 12.1 Å². The number of carbonyl (C=O) groups is 3. The SMILES string of the molecule is COC(=O)[C@H]1CC[C@@H](C(NC(=O)c2ccccc2)C(=O)O[C@@H]2C[C@H](C)CC[C@H]2C(C)(C)c2ccccc2)C1. The van der Waals surface area contributed by atoms with Crippen LogP contribution in [-0.4, -0.2) is 37.1 Å². The van der Waals surface area contributed by atoms with Crippen molar-refractivity contribution < 1.29 is 23.9 Å². The highest BCUT2D eigenvalue weighted by Gasteiger charge is 2.45. The van der Waals surface area contributed by atoms with Gasteiger partial charge in [0, 0.05) is 11.5 Å². The van der Waals surface area contributed by atoms with Crippen LogP contribution in [0.2, 0.25) is 0 Å². The first-order chi connectivity index (χ1) is 18.2. The molecule has 6 heteroatoms. The highest BCUT2D eigenvalue weighted by molar-refractivity contribution is 5.96. The van der Waals surface area contributed by atoms with Crippen molar-refractivity contribution in [1.29, 1.82) is 0 Å². The van der Waals surface area contributed by atoms with Crippen molar-refractivity contribution in [3.8, 4) is 0 Å². The summed E-state index contributed by atoms with van der Waals surface area (Å²) in [6.07, 6.45) is 4.36. The lowest BCUT2D eigenvalue weighted by Gasteiger charge is -2.44. The lowest BCUT2D eigenvalue weighted by atomic mass is 9.64. The van der Waals surface area contributed by atoms with E-state index in [1.165, 1.54) is 12.7 Å². The van der Waals surface area contributed by atoms with Gasteiger partial charge in [0.05, 0.1) is 13.0 Å². The predicted molar refractivity (Wildman–Crippen MR) is 146 cm³/mol. The topological polar surface area (TPSA) is 81.7 Å². The van der Waals surface area contributed by atoms with Gasteiger partial charge in [-0.05, 0) is 67.1 Å². The summed E-state index contributed by atoms with van der Waals surface area (Å²) in [4.78, 5) is 39.2. The summed E-state index contributed by atoms with van der Waals surface area (Å²) in [6, 6.07) is 18.5. The Hall–Kier alpha value is -3.15. The fourth-order valence-corrected chi connectivity index (χ4v) is 6.47. The van der Waals surface area contributed by atoms with Gasteiger partial charge in [-0.15, -0.1) is 0 Å². The molecular weight excluding hydrogens is 478 g/mol. The number of hydrogen-bond acceptors (Lipinski definition) is 5. The summed E-state index contributed by atoms with van der Waals surface area (Å²) in [5.41, 5.74) is 1.53. The number of nitrogens with one attached hydrogen (secondary N) is 1. The normalized spacial score (nSPS) is 26.3. The minimum absolute atomic E-state index is 0.155. The van der Waals surface area contributed by atoms with Crippen LogP contribution < -0.4 is 5.32 Å². The highest BCUT2D eigenvalue weighted by atomic mass is 16.5. The fraction of sp³-hybridized carbons (Fsp3) is 0.531. The van der Waals surface area contributed by atoms with Gasteiger partial charge in [0.15, 0.2) is 0 Å². The molecule has 2 aliphatic rings. The number of hydrogen-bond donors (Lipinski definition) is 1. The maximum Gasteiger partial charge on any atom is 0.329 e. The van der Waals surface area contributed by atoms with Crippen LogP contribution in [0.3, 0.4) is 0 Å². The smallest absolute Gasteiger partial charge is 0.329 e. The van der Waals surface area contributed by atoms with Gasteiger partial charge in [-0.2, -0.15) is 0 Å². The maximum absolute atomic E-state index is 13.9. The van der Waals surface area contributed by atoms with Gasteiger partial charge in [-0.3, -0.25) is 9.59 Å². The maximum atomic E-state index is 13.9. The summed E-state index contributed by atoms with van der Waals surface area (Å²) in [5.74, 6) is -0.843. The van der Waals surface area contributed by atoms with Gasteiger partial charge in [-0.1, -0.05) is 75.7 Å². The van der Waals surface area contributed by atoms with E-state index in [0.717, 1.165) is 19.3 Å². The number of amides is 1. The number of carbonyl (C=O) groups excluding carboxylic acids is 3. The molecule has 0 aliphatic heterocycles. The summed E-state index contributed by atoms with van der Waals surface area (Å²) < 4.78 is 11.3. The average Bonchev–Trinajstić information content (AvgIpc) is 3.42. The molecule has 0 spiro atoms. The van der Waals surface area contributed by atoms with Gasteiger partial charge in [-0.25, -0.2) is 4.79 Å². The Balaban J connectivity index is 1.56. The first-order valence-electron chi connectivity index (χ1n) is 13.9. The van der Waals surface area contributed by atoms with Crippen molar-refractivity contribution in [1.82, 2.24) is 5.32 Å². The zero-order valence-corrected chi connectivity index (χ0v) is 23.0. The second-order valence-electron chi connectivity index (χ2n) is 11.7. The van der Waals surface area contributed by atoms with Crippen molar-refractivity contribution in [2.24, 2.45) is 23.7 Å². The summed E-state index contributed by atoms with van der Waals surface area (Å²) >= 11 is 0. The van der Waals surface area contributed by atoms with Gasteiger partial charge in [0.2, 0.25) is 0 Å². The van der Waals surface area contributed by atoms with E-state index in [0.29, 0.717) is 30.7 Å². The van der Waals surface area contributed by atoms with E-state index in [2.05, 4.69) is 50.4 Å². The number of benzene rings is 2. The molecule has 1 unspecified atom stereocenters. The Morgan fingerprint density at radius 1 is 0.895 bits per heavy atom. The summed E-state index contributed by atoms with van der Waals surface area (Å²) in [7, 11) is 1.39. The van der Waals surface area contributed by atoms with Crippen molar-refractivity contribution in [3.63, 3.8) is 0 Å². The van der Waals surface area contributed by atoms with Gasteiger partial charge in [0.1, 0.15) is 12.1 Å². The molecule has 6 atom stereocenters. The standard InChI is InChI=1S/C32H41NO5/c1-21-15-18-26(32(2,3)25-13-9-6-10-14-25)27(19-21)38-31(36)28(23-16-17-24(20-23)30(35)37-4)33-29(34)22-11-7-5-8-12-22/h5-14,21,23-24,26-28H,15-20H2,1-4H3,(H,33,34)/t21-,23-,24+,26-,27-,28?/m1/s1. The molecule has 2 aliphatic carbocycles. The first-order valence-corrected chi connectivity index (χ1v) is 13.9. The molecule has 204 valence electrons. The van der Waals surface area contributed by atoms with Crippen LogP contribution in [0.4, 0.5) is 0 Å². The molecule has 2 saturated carbocycles. The quantitative estimate of drug-likeness (QED) is 0.453. The Labute approximate surface area is 226 Å². The molecule has 2 aromatic carbocycles. The van der Waals surface area contributed by atoms with E-state index >= 15 is 0 Å². The van der Waals surface area contributed by atoms with Crippen molar-refractivity contribution in [3.05, 3.63) is 71.8 Å². The second kappa shape index (κ2) is 12.1. The Morgan fingerprint density at radius 3 is 2.21 bits per heavy atom. The molecule has 1 N–H and O–H groups in total. The largest absolute Gasteiger partial charge is 0.469 e. The Kier molecular flexibility index (Phi) is 8.91. The average molecular weight is 520 g/mol. The van der Waals surface area contributed by atoms with Gasteiger partial charge in [0.25, 0.3) is 5.91 Å². The zero-order valence-electron chi connectivity index (χ0n) is 23.0. The van der Waals surface area contributed by atoms with Crippen LogP contribution in [0, 0.1) is 23.7 Å². The second-order valence-corrected chi connectivity index (χ2v) is 11.7. The molecule has 2 fully saturated rings. The minimum atomic E-state index is -0.824. The molecule has 0 saturated heterocycles. The highest BCUT2D eigenvalue weighted by Crippen LogP contribution is 2.44. The van der Waals surface area contributed by atoms with Crippen molar-refractivity contribution in [2.45, 2.75) is 76.9 Å². The first kappa shape index (κ1) is 27.9. The van der Waals surface area contributed by atoms with Crippen LogP contribution in [0.15, 0.2) is 60.7 Å². The molecule has 1 amide bonds. The minimum Gasteiger partial charge on any atom is -0.469 e. The lowest BCUT2D eigenvalue weighted by Crippen LogP contribution is -2.50. The Bertz CT molecular complexity index is 1100. The number of esters is 2. The lowest BCUT2D eigenvalue weighted by molar-refractivity contribution is -0.160. The molecule has 0 heterocycles. The van der Waals surface area contributed by atoms with E-state index in [1.54, 1.807) is 24.3 Å². The van der Waals surface area contributed by atoms with Crippen LogP contribution in [0.1, 0.15) is 75.2 Å². The van der Waals surface area contributed by atoms with E-state index in [-0.39, 0.29) is 41.1 Å². The molecule has 4 rings (SSSR count).